The van der Waals surface area contributed by atoms with Crippen molar-refractivity contribution >= 4 is 11.8 Å². The predicted octanol–water partition coefficient (Wildman–Crippen LogP) is 3.21. The van der Waals surface area contributed by atoms with Crippen molar-refractivity contribution in [1.29, 1.82) is 0 Å². The van der Waals surface area contributed by atoms with Gasteiger partial charge in [0.2, 0.25) is 11.8 Å². The van der Waals surface area contributed by atoms with E-state index >= 15 is 0 Å². The number of carbonyl (C=O) groups excluding carboxylic acids is 2. The standard InChI is InChI=1S/C24H30N2O3/c1-4-25-23(28)24(12-13-26(17-24)22(27)16-29-3)15-19-6-5-7-21(14-19)20-10-8-18(2)9-11-20/h5-11,14H,4,12-13,15-17H2,1-3H3,(H,25,28). The van der Waals surface area contributed by atoms with Gasteiger partial charge in [0, 0.05) is 26.7 Å². The van der Waals surface area contributed by atoms with Crippen LogP contribution in [0.1, 0.15) is 24.5 Å². The van der Waals surface area contributed by atoms with Crippen LogP contribution in [0, 0.1) is 12.3 Å². The minimum Gasteiger partial charge on any atom is -0.375 e. The molecule has 5 heteroatoms. The van der Waals surface area contributed by atoms with E-state index in [1.54, 1.807) is 4.90 Å². The van der Waals surface area contributed by atoms with Gasteiger partial charge in [0.25, 0.3) is 0 Å². The Labute approximate surface area is 173 Å². The Morgan fingerprint density at radius 1 is 1.14 bits per heavy atom. The zero-order valence-electron chi connectivity index (χ0n) is 17.5. The Bertz CT molecular complexity index is 863. The zero-order chi connectivity index (χ0) is 20.9. The van der Waals surface area contributed by atoms with Gasteiger partial charge in [-0.05, 0) is 43.4 Å². The molecule has 2 aromatic rings. The number of nitrogens with one attached hydrogen (secondary N) is 1. The number of hydrogen-bond acceptors (Lipinski definition) is 3. The lowest BCUT2D eigenvalue weighted by Gasteiger charge is -2.28. The third-order valence-corrected chi connectivity index (χ3v) is 5.65. The second-order valence-corrected chi connectivity index (χ2v) is 7.88. The molecule has 154 valence electrons. The topological polar surface area (TPSA) is 58.6 Å². The molecule has 0 radical (unpaired) electrons. The van der Waals surface area contributed by atoms with E-state index in [1.165, 1.54) is 12.7 Å². The number of hydrogen-bond donors (Lipinski definition) is 1. The van der Waals surface area contributed by atoms with Crippen molar-refractivity contribution in [2.45, 2.75) is 26.7 Å². The van der Waals surface area contributed by atoms with E-state index in [-0.39, 0.29) is 18.4 Å². The molecule has 1 heterocycles. The Morgan fingerprint density at radius 3 is 2.59 bits per heavy atom. The summed E-state index contributed by atoms with van der Waals surface area (Å²) in [5, 5.41) is 2.98. The first-order valence-electron chi connectivity index (χ1n) is 10.2. The molecule has 1 saturated heterocycles. The maximum Gasteiger partial charge on any atom is 0.248 e. The van der Waals surface area contributed by atoms with Crippen LogP contribution in [0.5, 0.6) is 0 Å². The fourth-order valence-electron chi connectivity index (χ4n) is 4.06. The van der Waals surface area contributed by atoms with E-state index in [4.69, 9.17) is 4.74 Å². The molecule has 0 aliphatic carbocycles. The molecule has 2 aromatic carbocycles. The van der Waals surface area contributed by atoms with Gasteiger partial charge < -0.3 is 15.0 Å². The minimum absolute atomic E-state index is 0.0217. The van der Waals surface area contributed by atoms with Gasteiger partial charge in [0.15, 0.2) is 0 Å². The number of nitrogens with zero attached hydrogens (tertiary/aromatic N) is 1. The summed E-state index contributed by atoms with van der Waals surface area (Å²) in [4.78, 5) is 27.1. The van der Waals surface area contributed by atoms with Crippen LogP contribution in [0.3, 0.4) is 0 Å². The number of aryl methyl sites for hydroxylation is 1. The Balaban J connectivity index is 1.85. The van der Waals surface area contributed by atoms with Gasteiger partial charge in [-0.15, -0.1) is 0 Å². The Hall–Kier alpha value is -2.66. The zero-order valence-corrected chi connectivity index (χ0v) is 17.5. The molecule has 29 heavy (non-hydrogen) atoms. The number of amides is 2. The highest BCUT2D eigenvalue weighted by atomic mass is 16.5. The minimum atomic E-state index is -0.606. The van der Waals surface area contributed by atoms with Crippen LogP contribution in [0.2, 0.25) is 0 Å². The number of benzene rings is 2. The highest BCUT2D eigenvalue weighted by Crippen LogP contribution is 2.35. The van der Waals surface area contributed by atoms with Crippen molar-refractivity contribution in [3.63, 3.8) is 0 Å². The number of ether oxygens (including phenoxy) is 1. The fraction of sp³-hybridized carbons (Fsp3) is 0.417. The van der Waals surface area contributed by atoms with Crippen LogP contribution in [-0.2, 0) is 20.7 Å². The second kappa shape index (κ2) is 9.23. The number of likely N-dealkylation sites (tertiary alicyclic amines) is 1. The largest absolute Gasteiger partial charge is 0.375 e. The molecule has 1 N–H and O–H groups in total. The first-order chi connectivity index (χ1) is 14.0. The van der Waals surface area contributed by atoms with Gasteiger partial charge in [0.05, 0.1) is 5.41 Å². The molecule has 1 atom stereocenters. The molecule has 5 nitrogen and oxygen atoms in total. The van der Waals surface area contributed by atoms with Gasteiger partial charge in [0.1, 0.15) is 6.61 Å². The monoisotopic (exact) mass is 394 g/mol. The summed E-state index contributed by atoms with van der Waals surface area (Å²) in [5.41, 5.74) is 4.03. The van der Waals surface area contributed by atoms with E-state index in [2.05, 4.69) is 54.7 Å². The molecule has 0 aromatic heterocycles. The molecule has 1 aliphatic heterocycles. The Morgan fingerprint density at radius 2 is 1.90 bits per heavy atom. The van der Waals surface area contributed by atoms with Crippen LogP contribution in [0.15, 0.2) is 48.5 Å². The summed E-state index contributed by atoms with van der Waals surface area (Å²) >= 11 is 0. The molecule has 0 saturated carbocycles. The third kappa shape index (κ3) is 4.85. The van der Waals surface area contributed by atoms with E-state index < -0.39 is 5.41 Å². The molecular formula is C24H30N2O3. The Kier molecular flexibility index (Phi) is 6.70. The summed E-state index contributed by atoms with van der Waals surface area (Å²) in [5.74, 6) is -0.0412. The molecule has 1 fully saturated rings. The highest BCUT2D eigenvalue weighted by molar-refractivity contribution is 5.86. The quantitative estimate of drug-likeness (QED) is 0.785. The van der Waals surface area contributed by atoms with Crippen LogP contribution in [0.4, 0.5) is 0 Å². The lowest BCUT2D eigenvalue weighted by molar-refractivity contribution is -0.135. The number of rotatable bonds is 7. The SMILES string of the molecule is CCNC(=O)C1(Cc2cccc(-c3ccc(C)cc3)c2)CCN(C(=O)COC)C1. The average Bonchev–Trinajstić information content (AvgIpc) is 3.15. The smallest absolute Gasteiger partial charge is 0.248 e. The molecule has 1 unspecified atom stereocenters. The van der Waals surface area contributed by atoms with Crippen molar-refractivity contribution in [3.8, 4) is 11.1 Å². The van der Waals surface area contributed by atoms with E-state index in [0.717, 1.165) is 16.7 Å². The average molecular weight is 395 g/mol. The molecule has 0 bridgehead atoms. The van der Waals surface area contributed by atoms with E-state index in [9.17, 15) is 9.59 Å². The molecular weight excluding hydrogens is 364 g/mol. The normalized spacial score (nSPS) is 18.7. The molecule has 2 amide bonds. The first kappa shape index (κ1) is 21.1. The van der Waals surface area contributed by atoms with Gasteiger partial charge in [-0.3, -0.25) is 9.59 Å². The molecule has 3 rings (SSSR count). The van der Waals surface area contributed by atoms with Crippen molar-refractivity contribution in [2.24, 2.45) is 5.41 Å². The van der Waals surface area contributed by atoms with Crippen molar-refractivity contribution in [2.75, 3.05) is 33.4 Å². The van der Waals surface area contributed by atoms with Crippen LogP contribution < -0.4 is 5.32 Å². The summed E-state index contributed by atoms with van der Waals surface area (Å²) in [7, 11) is 1.52. The van der Waals surface area contributed by atoms with E-state index in [0.29, 0.717) is 32.5 Å². The molecule has 0 spiro atoms. The van der Waals surface area contributed by atoms with Gasteiger partial charge >= 0.3 is 0 Å². The van der Waals surface area contributed by atoms with Crippen LogP contribution in [-0.4, -0.2) is 50.1 Å². The summed E-state index contributed by atoms with van der Waals surface area (Å²) in [6.45, 7) is 5.64. The lowest BCUT2D eigenvalue weighted by Crippen LogP contribution is -2.45. The van der Waals surface area contributed by atoms with E-state index in [1.807, 2.05) is 13.0 Å². The van der Waals surface area contributed by atoms with Crippen LogP contribution >= 0.6 is 0 Å². The summed E-state index contributed by atoms with van der Waals surface area (Å²) in [6, 6.07) is 16.8. The van der Waals surface area contributed by atoms with Gasteiger partial charge in [-0.25, -0.2) is 0 Å². The maximum atomic E-state index is 13.0. The van der Waals surface area contributed by atoms with Crippen molar-refractivity contribution < 1.29 is 14.3 Å². The van der Waals surface area contributed by atoms with Crippen molar-refractivity contribution in [3.05, 3.63) is 59.7 Å². The predicted molar refractivity (Wildman–Crippen MR) is 115 cm³/mol. The number of carbonyl (C=O) groups is 2. The fourth-order valence-corrected chi connectivity index (χ4v) is 4.06. The van der Waals surface area contributed by atoms with Crippen molar-refractivity contribution in [1.82, 2.24) is 10.2 Å². The molecule has 1 aliphatic rings. The highest BCUT2D eigenvalue weighted by Gasteiger charge is 2.45. The maximum absolute atomic E-state index is 13.0. The number of methoxy groups -OCH3 is 1. The second-order valence-electron chi connectivity index (χ2n) is 7.88. The summed E-state index contributed by atoms with van der Waals surface area (Å²) < 4.78 is 4.99. The van der Waals surface area contributed by atoms with Crippen LogP contribution in [0.25, 0.3) is 11.1 Å². The van der Waals surface area contributed by atoms with Gasteiger partial charge in [-0.1, -0.05) is 54.1 Å². The third-order valence-electron chi connectivity index (χ3n) is 5.65. The first-order valence-corrected chi connectivity index (χ1v) is 10.2. The van der Waals surface area contributed by atoms with Gasteiger partial charge in [-0.2, -0.15) is 0 Å². The lowest BCUT2D eigenvalue weighted by atomic mass is 9.79. The summed E-state index contributed by atoms with van der Waals surface area (Å²) in [6.07, 6.45) is 1.26.